The van der Waals surface area contributed by atoms with Crippen molar-refractivity contribution in [2.75, 3.05) is 5.32 Å². The minimum absolute atomic E-state index is 0.137. The maximum Gasteiger partial charge on any atom is 0.307 e. The summed E-state index contributed by atoms with van der Waals surface area (Å²) >= 11 is 0. The largest absolute Gasteiger partial charge is 0.458 e. The lowest BCUT2D eigenvalue weighted by atomic mass is 9.75. The zero-order valence-electron chi connectivity index (χ0n) is 20.9. The lowest BCUT2D eigenvalue weighted by Crippen LogP contribution is -2.48. The van der Waals surface area contributed by atoms with Gasteiger partial charge in [0.25, 0.3) is 5.91 Å². The van der Waals surface area contributed by atoms with Crippen LogP contribution in [-0.4, -0.2) is 40.4 Å². The van der Waals surface area contributed by atoms with Gasteiger partial charge in [-0.15, -0.1) is 0 Å². The van der Waals surface area contributed by atoms with Gasteiger partial charge in [0, 0.05) is 23.3 Å². The van der Waals surface area contributed by atoms with E-state index in [1.165, 1.54) is 38.5 Å². The molecule has 0 radical (unpaired) electrons. The smallest absolute Gasteiger partial charge is 0.307 e. The highest BCUT2D eigenvalue weighted by molar-refractivity contribution is 5.98. The molecule has 3 aliphatic carbocycles. The Morgan fingerprint density at radius 3 is 1.91 bits per heavy atom. The van der Waals surface area contributed by atoms with Gasteiger partial charge in [-0.05, 0) is 75.6 Å². The van der Waals surface area contributed by atoms with Gasteiger partial charge in [0.2, 0.25) is 5.91 Å². The van der Waals surface area contributed by atoms with Crippen molar-refractivity contribution < 1.29 is 19.1 Å². The maximum atomic E-state index is 13.7. The van der Waals surface area contributed by atoms with Crippen molar-refractivity contribution >= 4 is 23.5 Å². The van der Waals surface area contributed by atoms with Gasteiger partial charge < -0.3 is 15.0 Å². The predicted octanol–water partition coefficient (Wildman–Crippen LogP) is 6.00. The quantitative estimate of drug-likeness (QED) is 0.525. The van der Waals surface area contributed by atoms with Crippen molar-refractivity contribution in [1.29, 1.82) is 0 Å². The van der Waals surface area contributed by atoms with Gasteiger partial charge in [-0.3, -0.25) is 14.4 Å². The van der Waals surface area contributed by atoms with Crippen LogP contribution in [0, 0.1) is 5.92 Å². The number of esters is 1. The van der Waals surface area contributed by atoms with E-state index < -0.39 is 11.5 Å². The van der Waals surface area contributed by atoms with Crippen LogP contribution in [0.2, 0.25) is 0 Å². The molecule has 3 saturated carbocycles. The first-order chi connectivity index (χ1) is 17.1. The summed E-state index contributed by atoms with van der Waals surface area (Å²) in [6, 6.07) is 8.06. The number of hydrogen-bond acceptors (Lipinski definition) is 4. The van der Waals surface area contributed by atoms with Crippen LogP contribution in [0.5, 0.6) is 0 Å². The average Bonchev–Trinajstić information content (AvgIpc) is 3.21. The van der Waals surface area contributed by atoms with Crippen molar-refractivity contribution in [1.82, 2.24) is 4.90 Å². The molecule has 1 spiro atoms. The molecule has 2 amide bonds. The van der Waals surface area contributed by atoms with Gasteiger partial charge in [0.1, 0.15) is 5.60 Å². The molecule has 1 saturated heterocycles. The van der Waals surface area contributed by atoms with Crippen LogP contribution in [0.1, 0.15) is 113 Å². The Labute approximate surface area is 209 Å². The van der Waals surface area contributed by atoms with E-state index >= 15 is 0 Å². The first kappa shape index (κ1) is 24.3. The predicted molar refractivity (Wildman–Crippen MR) is 135 cm³/mol. The summed E-state index contributed by atoms with van der Waals surface area (Å²) in [5.74, 6) is -0.719. The number of amides is 2. The molecule has 1 atom stereocenters. The molecule has 6 nitrogen and oxygen atoms in total. The van der Waals surface area contributed by atoms with E-state index in [9.17, 15) is 14.4 Å². The molecule has 4 aliphatic rings. The van der Waals surface area contributed by atoms with Gasteiger partial charge in [-0.2, -0.15) is 0 Å². The minimum Gasteiger partial charge on any atom is -0.458 e. The van der Waals surface area contributed by atoms with Gasteiger partial charge in [-0.1, -0.05) is 44.9 Å². The second-order valence-corrected chi connectivity index (χ2v) is 11.2. The topological polar surface area (TPSA) is 75.7 Å². The number of nitrogens with zero attached hydrogens (tertiary/aromatic N) is 1. The van der Waals surface area contributed by atoms with Gasteiger partial charge in [-0.25, -0.2) is 0 Å². The molecular weight excluding hydrogens is 440 g/mol. The molecule has 4 fully saturated rings. The van der Waals surface area contributed by atoms with E-state index in [4.69, 9.17) is 4.74 Å². The monoisotopic (exact) mass is 480 g/mol. The fourth-order valence-electron chi connectivity index (χ4n) is 7.05. The van der Waals surface area contributed by atoms with Crippen LogP contribution in [0.25, 0.3) is 0 Å². The summed E-state index contributed by atoms with van der Waals surface area (Å²) in [5, 5.41) is 3.00. The molecule has 1 N–H and O–H groups in total. The van der Waals surface area contributed by atoms with Crippen LogP contribution in [-0.2, 0) is 14.3 Å². The Bertz CT molecular complexity index is 891. The number of ether oxygens (including phenoxy) is 1. The molecule has 6 heteroatoms. The third kappa shape index (κ3) is 5.26. The molecule has 1 aromatic carbocycles. The highest BCUT2D eigenvalue weighted by Crippen LogP contribution is 2.44. The molecular formula is C29H40N2O4. The molecule has 0 bridgehead atoms. The molecule has 190 valence electrons. The Hall–Kier alpha value is -2.37. The highest BCUT2D eigenvalue weighted by atomic mass is 16.6. The SMILES string of the molecule is O=C1C[C@H](C(=O)Nc2ccc(C(=O)N(C3CCCCC3)C3CCCCC3)cc2)C2(CCCCC2)O1. The second kappa shape index (κ2) is 10.7. The van der Waals surface area contributed by atoms with E-state index in [-0.39, 0.29) is 24.2 Å². The fraction of sp³-hybridized carbons (Fsp3) is 0.690. The van der Waals surface area contributed by atoms with Gasteiger partial charge in [0.15, 0.2) is 0 Å². The van der Waals surface area contributed by atoms with E-state index in [0.29, 0.717) is 23.3 Å². The molecule has 5 rings (SSSR count). The zero-order chi connectivity index (χ0) is 24.3. The first-order valence-electron chi connectivity index (χ1n) is 14.0. The van der Waals surface area contributed by atoms with Crippen LogP contribution in [0.3, 0.4) is 0 Å². The molecule has 1 heterocycles. The van der Waals surface area contributed by atoms with Gasteiger partial charge in [0.05, 0.1) is 12.3 Å². The number of hydrogen-bond donors (Lipinski definition) is 1. The van der Waals surface area contributed by atoms with Gasteiger partial charge >= 0.3 is 5.97 Å². The molecule has 1 aliphatic heterocycles. The number of carbonyl (C=O) groups is 3. The lowest BCUT2D eigenvalue weighted by molar-refractivity contribution is -0.153. The normalized spacial score (nSPS) is 25.3. The number of nitrogens with one attached hydrogen (secondary N) is 1. The summed E-state index contributed by atoms with van der Waals surface area (Å²) in [7, 11) is 0. The second-order valence-electron chi connectivity index (χ2n) is 11.2. The van der Waals surface area contributed by atoms with Crippen LogP contribution in [0.15, 0.2) is 24.3 Å². The van der Waals surface area contributed by atoms with Crippen molar-refractivity contribution in [3.05, 3.63) is 29.8 Å². The van der Waals surface area contributed by atoms with E-state index in [0.717, 1.165) is 57.8 Å². The fourth-order valence-corrected chi connectivity index (χ4v) is 7.05. The summed E-state index contributed by atoms with van der Waals surface area (Å²) in [4.78, 5) is 41.2. The Morgan fingerprint density at radius 2 is 1.34 bits per heavy atom. The van der Waals surface area contributed by atoms with E-state index in [2.05, 4.69) is 10.2 Å². The highest BCUT2D eigenvalue weighted by Gasteiger charge is 2.52. The number of benzene rings is 1. The zero-order valence-corrected chi connectivity index (χ0v) is 20.9. The summed E-state index contributed by atoms with van der Waals surface area (Å²) in [5.41, 5.74) is 0.733. The molecule has 35 heavy (non-hydrogen) atoms. The summed E-state index contributed by atoms with van der Waals surface area (Å²) < 4.78 is 5.70. The summed E-state index contributed by atoms with van der Waals surface area (Å²) in [6.07, 6.45) is 16.6. The van der Waals surface area contributed by atoms with E-state index in [1.54, 1.807) is 0 Å². The van der Waals surface area contributed by atoms with Crippen molar-refractivity contribution in [3.63, 3.8) is 0 Å². The average molecular weight is 481 g/mol. The van der Waals surface area contributed by atoms with Crippen molar-refractivity contribution in [3.8, 4) is 0 Å². The number of rotatable bonds is 5. The van der Waals surface area contributed by atoms with Crippen molar-refractivity contribution in [2.24, 2.45) is 5.92 Å². The third-order valence-corrected chi connectivity index (χ3v) is 8.91. The Balaban J connectivity index is 1.28. The standard InChI is InChI=1S/C29H40N2O4/c32-26-20-25(29(35-26)18-8-3-9-19-29)27(33)30-22-16-14-21(15-17-22)28(34)31(23-10-4-1-5-11-23)24-12-6-2-7-13-24/h14-17,23-25H,1-13,18-20H2,(H,30,33)/t25-/m1/s1. The van der Waals surface area contributed by atoms with Crippen LogP contribution >= 0.6 is 0 Å². The Kier molecular flexibility index (Phi) is 7.45. The number of carbonyl (C=O) groups excluding carboxylic acids is 3. The van der Waals surface area contributed by atoms with E-state index in [1.807, 2.05) is 24.3 Å². The third-order valence-electron chi connectivity index (χ3n) is 8.91. The molecule has 0 aromatic heterocycles. The minimum atomic E-state index is -0.629. The first-order valence-corrected chi connectivity index (χ1v) is 14.0. The molecule has 0 unspecified atom stereocenters. The van der Waals surface area contributed by atoms with Crippen LogP contribution in [0.4, 0.5) is 5.69 Å². The van der Waals surface area contributed by atoms with Crippen molar-refractivity contribution in [2.45, 2.75) is 120 Å². The summed E-state index contributed by atoms with van der Waals surface area (Å²) in [6.45, 7) is 0. The molecule has 1 aromatic rings. The Morgan fingerprint density at radius 1 is 0.800 bits per heavy atom. The van der Waals surface area contributed by atoms with Crippen LogP contribution < -0.4 is 5.32 Å². The number of anilines is 1. The maximum absolute atomic E-state index is 13.7. The lowest BCUT2D eigenvalue weighted by Gasteiger charge is -2.42.